The van der Waals surface area contributed by atoms with E-state index in [0.717, 1.165) is 5.39 Å². The third-order valence-electron chi connectivity index (χ3n) is 2.91. The molecule has 0 atom stereocenters. The van der Waals surface area contributed by atoms with Crippen molar-refractivity contribution < 1.29 is 19.7 Å². The minimum absolute atomic E-state index is 0.0249. The first-order chi connectivity index (χ1) is 9.19. The van der Waals surface area contributed by atoms with E-state index in [9.17, 15) is 10.2 Å². The summed E-state index contributed by atoms with van der Waals surface area (Å²) < 4.78 is 11.1. The lowest BCUT2D eigenvalue weighted by molar-refractivity contribution is -0.140. The number of aromatic hydroxyl groups is 2. The normalized spacial score (nSPS) is 11.3. The van der Waals surface area contributed by atoms with Crippen LogP contribution in [0.3, 0.4) is 0 Å². The number of hydrogen-bond donors (Lipinski definition) is 2. The molecule has 0 heterocycles. The molecule has 0 aliphatic heterocycles. The monoisotopic (exact) mass is 262 g/mol. The van der Waals surface area contributed by atoms with Crippen LogP contribution in [0.4, 0.5) is 0 Å². The van der Waals surface area contributed by atoms with Gasteiger partial charge in [0.15, 0.2) is 6.29 Å². The Bertz CT molecular complexity index is 559. The fourth-order valence-corrected chi connectivity index (χ4v) is 2.13. The highest BCUT2D eigenvalue weighted by Gasteiger charge is 2.20. The second-order valence-corrected chi connectivity index (χ2v) is 4.12. The van der Waals surface area contributed by atoms with Gasteiger partial charge in [-0.1, -0.05) is 24.3 Å². The third-order valence-corrected chi connectivity index (χ3v) is 2.91. The number of rotatable bonds is 5. The van der Waals surface area contributed by atoms with Crippen LogP contribution in [0.15, 0.2) is 30.3 Å². The summed E-state index contributed by atoms with van der Waals surface area (Å²) in [5.41, 5.74) is 0.553. The van der Waals surface area contributed by atoms with E-state index < -0.39 is 6.29 Å². The molecule has 2 aromatic rings. The zero-order chi connectivity index (χ0) is 13.8. The Labute approximate surface area is 112 Å². The van der Waals surface area contributed by atoms with E-state index in [0.29, 0.717) is 24.2 Å². The molecule has 0 saturated heterocycles. The molecule has 2 aromatic carbocycles. The predicted octanol–water partition coefficient (Wildman–Crippen LogP) is 3.32. The van der Waals surface area contributed by atoms with E-state index in [2.05, 4.69) is 0 Å². The number of benzene rings is 2. The van der Waals surface area contributed by atoms with Crippen molar-refractivity contribution in [1.29, 1.82) is 0 Å². The van der Waals surface area contributed by atoms with Gasteiger partial charge in [0.2, 0.25) is 0 Å². The average molecular weight is 262 g/mol. The van der Waals surface area contributed by atoms with Gasteiger partial charge in [-0.2, -0.15) is 0 Å². The van der Waals surface area contributed by atoms with Gasteiger partial charge < -0.3 is 19.7 Å². The van der Waals surface area contributed by atoms with Crippen LogP contribution < -0.4 is 0 Å². The SMILES string of the molecule is CCOC(OCC)c1c(O)cc(O)c2ccccc12. The van der Waals surface area contributed by atoms with Gasteiger partial charge in [0, 0.05) is 24.7 Å². The molecule has 19 heavy (non-hydrogen) atoms. The second-order valence-electron chi connectivity index (χ2n) is 4.12. The Hall–Kier alpha value is -1.78. The Morgan fingerprint density at radius 2 is 1.53 bits per heavy atom. The van der Waals surface area contributed by atoms with Crippen molar-refractivity contribution in [2.45, 2.75) is 20.1 Å². The molecule has 0 unspecified atom stereocenters. The zero-order valence-electron chi connectivity index (χ0n) is 11.1. The number of ether oxygens (including phenoxy) is 2. The van der Waals surface area contributed by atoms with Gasteiger partial charge in [-0.05, 0) is 19.2 Å². The highest BCUT2D eigenvalue weighted by molar-refractivity contribution is 5.92. The highest BCUT2D eigenvalue weighted by atomic mass is 16.7. The van der Waals surface area contributed by atoms with Crippen molar-refractivity contribution in [3.05, 3.63) is 35.9 Å². The average Bonchev–Trinajstić information content (AvgIpc) is 2.39. The molecule has 0 radical (unpaired) electrons. The number of fused-ring (bicyclic) bond motifs is 1. The molecule has 0 fully saturated rings. The van der Waals surface area contributed by atoms with E-state index in [-0.39, 0.29) is 11.5 Å². The maximum atomic E-state index is 10.1. The van der Waals surface area contributed by atoms with Crippen molar-refractivity contribution in [3.63, 3.8) is 0 Å². The molecule has 0 spiro atoms. The first kappa shape index (κ1) is 13.6. The topological polar surface area (TPSA) is 58.9 Å². The second kappa shape index (κ2) is 5.91. The summed E-state index contributed by atoms with van der Waals surface area (Å²) in [5.74, 6) is 0.0201. The minimum Gasteiger partial charge on any atom is -0.507 e. The van der Waals surface area contributed by atoms with E-state index in [4.69, 9.17) is 9.47 Å². The first-order valence-electron chi connectivity index (χ1n) is 6.35. The van der Waals surface area contributed by atoms with Crippen molar-refractivity contribution >= 4 is 10.8 Å². The lowest BCUT2D eigenvalue weighted by atomic mass is 10.0. The number of phenols is 2. The molecule has 2 N–H and O–H groups in total. The molecule has 4 nitrogen and oxygen atoms in total. The van der Waals surface area contributed by atoms with Gasteiger partial charge in [-0.15, -0.1) is 0 Å². The molecule has 0 saturated carbocycles. The quantitative estimate of drug-likeness (QED) is 0.811. The largest absolute Gasteiger partial charge is 0.507 e. The van der Waals surface area contributed by atoms with E-state index in [1.165, 1.54) is 6.07 Å². The van der Waals surface area contributed by atoms with Crippen molar-refractivity contribution in [1.82, 2.24) is 0 Å². The lowest BCUT2D eigenvalue weighted by Crippen LogP contribution is -2.09. The van der Waals surface area contributed by atoms with Gasteiger partial charge in [0.1, 0.15) is 11.5 Å². The molecule has 0 aromatic heterocycles. The van der Waals surface area contributed by atoms with Gasteiger partial charge in [-0.3, -0.25) is 0 Å². The Kier molecular flexibility index (Phi) is 4.24. The van der Waals surface area contributed by atoms with E-state index in [1.54, 1.807) is 6.07 Å². The molecule has 4 heteroatoms. The number of hydrogen-bond acceptors (Lipinski definition) is 4. The Morgan fingerprint density at radius 3 is 2.11 bits per heavy atom. The van der Waals surface area contributed by atoms with Crippen LogP contribution in [0.25, 0.3) is 10.8 Å². The molecule has 102 valence electrons. The van der Waals surface area contributed by atoms with Crippen LogP contribution in [0.1, 0.15) is 25.7 Å². The summed E-state index contributed by atoms with van der Waals surface area (Å²) in [6.07, 6.45) is -0.638. The molecule has 2 rings (SSSR count). The standard InChI is InChI=1S/C15H18O4/c1-3-18-15(19-4-2)14-11-8-6-5-7-10(11)12(16)9-13(14)17/h5-9,15-17H,3-4H2,1-2H3. The van der Waals surface area contributed by atoms with Gasteiger partial charge >= 0.3 is 0 Å². The molecule has 0 bridgehead atoms. The van der Waals surface area contributed by atoms with Crippen LogP contribution in [0.2, 0.25) is 0 Å². The maximum Gasteiger partial charge on any atom is 0.187 e. The van der Waals surface area contributed by atoms with Crippen LogP contribution >= 0.6 is 0 Å². The van der Waals surface area contributed by atoms with Crippen molar-refractivity contribution in [3.8, 4) is 11.5 Å². The van der Waals surface area contributed by atoms with E-state index >= 15 is 0 Å². The smallest absolute Gasteiger partial charge is 0.187 e. The van der Waals surface area contributed by atoms with Gasteiger partial charge in [-0.25, -0.2) is 0 Å². The van der Waals surface area contributed by atoms with Gasteiger partial charge in [0.05, 0.1) is 5.56 Å². The molecule has 0 aliphatic carbocycles. The Balaban J connectivity index is 2.63. The molecule has 0 amide bonds. The predicted molar refractivity (Wildman–Crippen MR) is 73.3 cm³/mol. The van der Waals surface area contributed by atoms with Gasteiger partial charge in [0.25, 0.3) is 0 Å². The third kappa shape index (κ3) is 2.64. The highest BCUT2D eigenvalue weighted by Crippen LogP contribution is 2.39. The summed E-state index contributed by atoms with van der Waals surface area (Å²) in [6.45, 7) is 4.68. The summed E-state index contributed by atoms with van der Waals surface area (Å²) >= 11 is 0. The fourth-order valence-electron chi connectivity index (χ4n) is 2.13. The number of phenolic OH excluding ortho intramolecular Hbond substituents is 2. The summed E-state index contributed by atoms with van der Waals surface area (Å²) in [5, 5.41) is 21.4. The van der Waals surface area contributed by atoms with Crippen LogP contribution in [-0.2, 0) is 9.47 Å². The van der Waals surface area contributed by atoms with Crippen molar-refractivity contribution in [2.75, 3.05) is 13.2 Å². The van der Waals surface area contributed by atoms with Crippen LogP contribution in [0, 0.1) is 0 Å². The first-order valence-corrected chi connectivity index (χ1v) is 6.35. The molecule has 0 aliphatic rings. The summed E-state index contributed by atoms with van der Waals surface area (Å²) in [4.78, 5) is 0. The summed E-state index contributed by atoms with van der Waals surface area (Å²) in [7, 11) is 0. The van der Waals surface area contributed by atoms with Crippen LogP contribution in [-0.4, -0.2) is 23.4 Å². The van der Waals surface area contributed by atoms with Crippen LogP contribution in [0.5, 0.6) is 11.5 Å². The summed E-state index contributed by atoms with van der Waals surface area (Å²) in [6, 6.07) is 8.62. The zero-order valence-corrected chi connectivity index (χ0v) is 11.1. The fraction of sp³-hybridized carbons (Fsp3) is 0.333. The molecular weight excluding hydrogens is 244 g/mol. The van der Waals surface area contributed by atoms with E-state index in [1.807, 2.05) is 32.0 Å². The lowest BCUT2D eigenvalue weighted by Gasteiger charge is -2.20. The minimum atomic E-state index is -0.638. The molecular formula is C15H18O4. The van der Waals surface area contributed by atoms with Crippen molar-refractivity contribution in [2.24, 2.45) is 0 Å². The Morgan fingerprint density at radius 1 is 0.947 bits per heavy atom. The maximum absolute atomic E-state index is 10.1.